The van der Waals surface area contributed by atoms with E-state index in [2.05, 4.69) is 11.8 Å². The van der Waals surface area contributed by atoms with Crippen LogP contribution in [0.1, 0.15) is 36.5 Å². The maximum atomic E-state index is 12.8. The zero-order valence-corrected chi connectivity index (χ0v) is 16.8. The van der Waals surface area contributed by atoms with Gasteiger partial charge in [-0.15, -0.1) is 0 Å². The fraction of sp³-hybridized carbons (Fsp3) is 0.409. The summed E-state index contributed by atoms with van der Waals surface area (Å²) in [6, 6.07) is 13.9. The second-order valence-corrected chi connectivity index (χ2v) is 7.13. The number of carbonyl (C=O) groups is 1. The number of piperazine rings is 1. The van der Waals surface area contributed by atoms with Crippen LogP contribution in [0.5, 0.6) is 5.75 Å². The molecule has 7 nitrogen and oxygen atoms in total. The quantitative estimate of drug-likeness (QED) is 0.380. The van der Waals surface area contributed by atoms with Gasteiger partial charge in [-0.25, -0.2) is 0 Å². The first-order valence-electron chi connectivity index (χ1n) is 10.1. The maximum Gasteiger partial charge on any atom is 0.269 e. The molecule has 1 heterocycles. The van der Waals surface area contributed by atoms with E-state index < -0.39 is 4.92 Å². The number of non-ortho nitro benzene ring substituents is 1. The van der Waals surface area contributed by atoms with Crippen molar-refractivity contribution in [2.24, 2.45) is 0 Å². The molecule has 2 aromatic carbocycles. The van der Waals surface area contributed by atoms with Gasteiger partial charge in [-0.3, -0.25) is 14.9 Å². The molecule has 0 N–H and O–H groups in total. The van der Waals surface area contributed by atoms with Crippen molar-refractivity contribution >= 4 is 17.3 Å². The lowest BCUT2D eigenvalue weighted by atomic mass is 10.1. The predicted octanol–water partition coefficient (Wildman–Crippen LogP) is 4.13. The molecule has 0 bridgehead atoms. The van der Waals surface area contributed by atoms with Crippen molar-refractivity contribution in [1.29, 1.82) is 0 Å². The maximum absolute atomic E-state index is 12.8. The van der Waals surface area contributed by atoms with Crippen LogP contribution in [0.4, 0.5) is 11.4 Å². The Labute approximate surface area is 171 Å². The fourth-order valence-electron chi connectivity index (χ4n) is 3.37. The Bertz CT molecular complexity index is 813. The lowest BCUT2D eigenvalue weighted by Gasteiger charge is -2.36. The van der Waals surface area contributed by atoms with Gasteiger partial charge in [-0.05, 0) is 42.8 Å². The van der Waals surface area contributed by atoms with Crippen molar-refractivity contribution in [3.8, 4) is 5.75 Å². The first-order valence-corrected chi connectivity index (χ1v) is 10.1. The average molecular weight is 397 g/mol. The largest absolute Gasteiger partial charge is 0.494 e. The van der Waals surface area contributed by atoms with Crippen LogP contribution in [0.3, 0.4) is 0 Å². The number of nitro benzene ring substituents is 1. The molecule has 0 unspecified atom stereocenters. The van der Waals surface area contributed by atoms with Crippen LogP contribution < -0.4 is 9.64 Å². The monoisotopic (exact) mass is 397 g/mol. The number of ether oxygens (including phenoxy) is 1. The minimum atomic E-state index is -0.401. The van der Waals surface area contributed by atoms with Crippen LogP contribution in [-0.4, -0.2) is 48.5 Å². The number of amides is 1. The highest BCUT2D eigenvalue weighted by Crippen LogP contribution is 2.21. The third kappa shape index (κ3) is 5.47. The molecule has 1 aliphatic rings. The zero-order chi connectivity index (χ0) is 20.6. The Balaban J connectivity index is 1.51. The van der Waals surface area contributed by atoms with E-state index in [9.17, 15) is 14.9 Å². The molecule has 2 aromatic rings. The van der Waals surface area contributed by atoms with E-state index in [1.165, 1.54) is 12.1 Å². The van der Waals surface area contributed by atoms with E-state index in [1.54, 1.807) is 12.1 Å². The Morgan fingerprint density at radius 1 is 1.00 bits per heavy atom. The summed E-state index contributed by atoms with van der Waals surface area (Å²) < 4.78 is 5.70. The Hall–Kier alpha value is -3.09. The second kappa shape index (κ2) is 9.91. The highest BCUT2D eigenvalue weighted by molar-refractivity contribution is 5.94. The Morgan fingerprint density at radius 2 is 1.66 bits per heavy atom. The highest BCUT2D eigenvalue weighted by atomic mass is 16.6. The first kappa shape index (κ1) is 20.6. The van der Waals surface area contributed by atoms with Crippen molar-refractivity contribution in [1.82, 2.24) is 4.90 Å². The minimum absolute atomic E-state index is 0.0193. The van der Waals surface area contributed by atoms with Crippen molar-refractivity contribution in [2.45, 2.75) is 26.2 Å². The van der Waals surface area contributed by atoms with Gasteiger partial charge in [0.05, 0.1) is 11.5 Å². The van der Waals surface area contributed by atoms with E-state index in [0.29, 0.717) is 38.3 Å². The van der Waals surface area contributed by atoms with Crippen molar-refractivity contribution in [2.75, 3.05) is 37.7 Å². The summed E-state index contributed by atoms with van der Waals surface area (Å²) in [5.74, 6) is 0.812. The molecule has 1 aliphatic heterocycles. The Kier molecular flexibility index (Phi) is 7.05. The van der Waals surface area contributed by atoms with E-state index in [0.717, 1.165) is 30.7 Å². The fourth-order valence-corrected chi connectivity index (χ4v) is 3.37. The predicted molar refractivity (Wildman–Crippen MR) is 113 cm³/mol. The number of anilines is 1. The number of hydrogen-bond donors (Lipinski definition) is 0. The molecular formula is C22H27N3O4. The number of rotatable bonds is 8. The molecular weight excluding hydrogens is 370 g/mol. The van der Waals surface area contributed by atoms with Crippen LogP contribution in [0.15, 0.2) is 48.5 Å². The van der Waals surface area contributed by atoms with Gasteiger partial charge >= 0.3 is 0 Å². The third-order valence-corrected chi connectivity index (χ3v) is 5.11. The Morgan fingerprint density at radius 3 is 2.24 bits per heavy atom. The molecule has 0 radical (unpaired) electrons. The zero-order valence-electron chi connectivity index (χ0n) is 16.8. The van der Waals surface area contributed by atoms with Gasteiger partial charge in [0, 0.05) is 49.6 Å². The number of benzene rings is 2. The normalized spacial score (nSPS) is 14.0. The number of nitro groups is 1. The average Bonchev–Trinajstić information content (AvgIpc) is 2.77. The summed E-state index contributed by atoms with van der Waals surface area (Å²) in [4.78, 5) is 27.1. The van der Waals surface area contributed by atoms with Gasteiger partial charge < -0.3 is 14.5 Å². The molecule has 0 aromatic heterocycles. The highest BCUT2D eigenvalue weighted by Gasteiger charge is 2.22. The topological polar surface area (TPSA) is 75.9 Å². The summed E-state index contributed by atoms with van der Waals surface area (Å²) in [6.07, 6.45) is 3.35. The SMILES string of the molecule is CCCCCOc1ccc(C(=O)N2CCN(c3ccc([N+](=O)[O-])cc3)CC2)cc1. The summed E-state index contributed by atoms with van der Waals surface area (Å²) in [5, 5.41) is 10.8. The molecule has 1 fully saturated rings. The molecule has 7 heteroatoms. The van der Waals surface area contributed by atoms with Crippen LogP contribution in [0, 0.1) is 10.1 Å². The van der Waals surface area contributed by atoms with Crippen LogP contribution >= 0.6 is 0 Å². The van der Waals surface area contributed by atoms with Gasteiger partial charge in [0.2, 0.25) is 0 Å². The molecule has 154 valence electrons. The van der Waals surface area contributed by atoms with Crippen LogP contribution in [-0.2, 0) is 0 Å². The van der Waals surface area contributed by atoms with E-state index in [-0.39, 0.29) is 11.6 Å². The van der Waals surface area contributed by atoms with Gasteiger partial charge in [0.1, 0.15) is 5.75 Å². The molecule has 0 saturated carbocycles. The summed E-state index contributed by atoms with van der Waals surface area (Å²) in [6.45, 7) is 5.48. The van der Waals surface area contributed by atoms with Crippen LogP contribution in [0.2, 0.25) is 0 Å². The molecule has 1 amide bonds. The summed E-state index contributed by atoms with van der Waals surface area (Å²) >= 11 is 0. The lowest BCUT2D eigenvalue weighted by molar-refractivity contribution is -0.384. The standard InChI is InChI=1S/C22H27N3O4/c1-2-3-4-17-29-21-11-5-18(6-12-21)22(26)24-15-13-23(14-16-24)19-7-9-20(10-8-19)25(27)28/h5-12H,2-4,13-17H2,1H3. The van der Waals surface area contributed by atoms with Crippen molar-refractivity contribution in [3.63, 3.8) is 0 Å². The van der Waals surface area contributed by atoms with Gasteiger partial charge in [-0.2, -0.15) is 0 Å². The van der Waals surface area contributed by atoms with Gasteiger partial charge in [0.25, 0.3) is 11.6 Å². The summed E-state index contributed by atoms with van der Waals surface area (Å²) in [7, 11) is 0. The van der Waals surface area contributed by atoms with Crippen LogP contribution in [0.25, 0.3) is 0 Å². The second-order valence-electron chi connectivity index (χ2n) is 7.13. The molecule has 3 rings (SSSR count). The smallest absolute Gasteiger partial charge is 0.269 e. The molecule has 0 aliphatic carbocycles. The number of nitrogens with zero attached hydrogens (tertiary/aromatic N) is 3. The van der Waals surface area contributed by atoms with Crippen molar-refractivity contribution < 1.29 is 14.5 Å². The number of carbonyl (C=O) groups excluding carboxylic acids is 1. The van der Waals surface area contributed by atoms with Gasteiger partial charge in [0.15, 0.2) is 0 Å². The van der Waals surface area contributed by atoms with E-state index in [4.69, 9.17) is 4.74 Å². The molecule has 29 heavy (non-hydrogen) atoms. The van der Waals surface area contributed by atoms with E-state index >= 15 is 0 Å². The molecule has 0 spiro atoms. The summed E-state index contributed by atoms with van der Waals surface area (Å²) in [5.41, 5.74) is 1.68. The first-order chi connectivity index (χ1) is 14.1. The lowest BCUT2D eigenvalue weighted by Crippen LogP contribution is -2.48. The van der Waals surface area contributed by atoms with E-state index in [1.807, 2.05) is 29.2 Å². The number of hydrogen-bond acceptors (Lipinski definition) is 5. The van der Waals surface area contributed by atoms with Gasteiger partial charge in [-0.1, -0.05) is 19.8 Å². The minimum Gasteiger partial charge on any atom is -0.494 e. The number of unbranched alkanes of at least 4 members (excludes halogenated alkanes) is 2. The van der Waals surface area contributed by atoms with Crippen molar-refractivity contribution in [3.05, 3.63) is 64.2 Å². The molecule has 0 atom stereocenters. The third-order valence-electron chi connectivity index (χ3n) is 5.11. The molecule has 1 saturated heterocycles.